The van der Waals surface area contributed by atoms with E-state index in [4.69, 9.17) is 11.6 Å². The number of aldehydes is 1. The molecule has 0 aromatic rings. The first-order chi connectivity index (χ1) is 2.91. The molecule has 7 heavy (non-hydrogen) atoms. The van der Waals surface area contributed by atoms with Gasteiger partial charge >= 0.3 is 23.1 Å². The molecule has 0 saturated carbocycles. The lowest BCUT2D eigenvalue weighted by atomic mass is 10.4. The molecule has 0 N–H and O–H groups in total. The van der Waals surface area contributed by atoms with Gasteiger partial charge in [0, 0.05) is 12.3 Å². The fourth-order valence-electron chi connectivity index (χ4n) is 0.160. The molecule has 0 aliphatic rings. The number of carbonyl (C=O) groups excluding carboxylic acids is 1. The smallest absolute Gasteiger partial charge is 0.303 e. The Morgan fingerprint density at radius 1 is 1.57 bits per heavy atom. The van der Waals surface area contributed by atoms with Crippen molar-refractivity contribution in [3.63, 3.8) is 0 Å². The van der Waals surface area contributed by atoms with Crippen LogP contribution in [0.2, 0.25) is 0 Å². The monoisotopic (exact) mass is 132 g/mol. The minimum Gasteiger partial charge on any atom is -0.303 e. The van der Waals surface area contributed by atoms with E-state index in [1.807, 2.05) is 0 Å². The van der Waals surface area contributed by atoms with Gasteiger partial charge in [0.15, 0.2) is 0 Å². The maximum Gasteiger partial charge on any atom is 0.316 e. The minimum absolute atomic E-state index is 0. The molecule has 0 aliphatic carbocycles. The summed E-state index contributed by atoms with van der Waals surface area (Å²) in [5.41, 5.74) is 0. The Morgan fingerprint density at radius 3 is 2.29 bits per heavy atom. The molecular weight excluding hydrogens is 124 g/mol. The highest BCUT2D eigenvalue weighted by atomic mass is 35.5. The van der Waals surface area contributed by atoms with Crippen LogP contribution in [0.4, 0.5) is 0 Å². The molecule has 0 bridgehead atoms. The van der Waals surface area contributed by atoms with Crippen LogP contribution in [-0.2, 0) is 4.79 Å². The van der Waals surface area contributed by atoms with Crippen molar-refractivity contribution in [1.29, 1.82) is 0 Å². The SMILES string of the molecule is O=CCCCCl.[MgH2]. The van der Waals surface area contributed by atoms with Crippen molar-refractivity contribution in [1.82, 2.24) is 0 Å². The van der Waals surface area contributed by atoms with Gasteiger partial charge in [0.2, 0.25) is 0 Å². The maximum absolute atomic E-state index is 9.51. The van der Waals surface area contributed by atoms with Crippen molar-refractivity contribution < 1.29 is 4.79 Å². The quantitative estimate of drug-likeness (QED) is 0.234. The summed E-state index contributed by atoms with van der Waals surface area (Å²) < 4.78 is 0. The molecule has 3 heteroatoms. The Morgan fingerprint density at radius 2 is 2.14 bits per heavy atom. The molecule has 0 aromatic carbocycles. The third-order valence-electron chi connectivity index (χ3n) is 0.456. The molecule has 40 valence electrons. The Labute approximate surface area is 64.6 Å². The van der Waals surface area contributed by atoms with Gasteiger partial charge in [-0.3, -0.25) is 0 Å². The van der Waals surface area contributed by atoms with E-state index in [1.54, 1.807) is 0 Å². The third kappa shape index (κ3) is 10.8. The van der Waals surface area contributed by atoms with E-state index in [9.17, 15) is 4.79 Å². The standard InChI is InChI=1S/C4H7ClO.Mg.2H/c5-3-1-2-4-6;;;/h4H,1-3H2;;;. The molecule has 0 atom stereocenters. The van der Waals surface area contributed by atoms with E-state index in [-0.39, 0.29) is 23.1 Å². The van der Waals surface area contributed by atoms with Crippen molar-refractivity contribution >= 4 is 40.9 Å². The molecule has 0 amide bonds. The van der Waals surface area contributed by atoms with Crippen LogP contribution in [0.15, 0.2) is 0 Å². The molecule has 0 spiro atoms. The van der Waals surface area contributed by atoms with Crippen molar-refractivity contribution in [3.8, 4) is 0 Å². The Hall–Kier alpha value is 0.726. The van der Waals surface area contributed by atoms with Crippen molar-refractivity contribution in [2.75, 3.05) is 5.88 Å². The normalized spacial score (nSPS) is 7.00. The van der Waals surface area contributed by atoms with E-state index in [1.165, 1.54) is 0 Å². The topological polar surface area (TPSA) is 17.1 Å². The summed E-state index contributed by atoms with van der Waals surface area (Å²) in [6.07, 6.45) is 2.29. The average molecular weight is 133 g/mol. The largest absolute Gasteiger partial charge is 0.316 e. The summed E-state index contributed by atoms with van der Waals surface area (Å²) in [5.74, 6) is 0.596. The van der Waals surface area contributed by atoms with Crippen LogP contribution in [-0.4, -0.2) is 35.2 Å². The van der Waals surface area contributed by atoms with Gasteiger partial charge in [-0.2, -0.15) is 0 Å². The highest BCUT2D eigenvalue weighted by Gasteiger charge is 1.76. The van der Waals surface area contributed by atoms with Crippen LogP contribution in [0.5, 0.6) is 0 Å². The van der Waals surface area contributed by atoms with Crippen LogP contribution < -0.4 is 0 Å². The zero-order chi connectivity index (χ0) is 4.83. The van der Waals surface area contributed by atoms with Crippen molar-refractivity contribution in [2.45, 2.75) is 12.8 Å². The number of hydrogen-bond acceptors (Lipinski definition) is 1. The highest BCUT2D eigenvalue weighted by Crippen LogP contribution is 1.85. The second-order valence-corrected chi connectivity index (χ2v) is 1.38. The number of hydrogen-bond donors (Lipinski definition) is 0. The summed E-state index contributed by atoms with van der Waals surface area (Å²) >= 11 is 5.22. The van der Waals surface area contributed by atoms with Gasteiger partial charge in [-0.15, -0.1) is 11.6 Å². The van der Waals surface area contributed by atoms with E-state index in [0.717, 1.165) is 12.7 Å². The van der Waals surface area contributed by atoms with Gasteiger partial charge < -0.3 is 4.79 Å². The molecule has 0 fully saturated rings. The van der Waals surface area contributed by atoms with Crippen molar-refractivity contribution in [3.05, 3.63) is 0 Å². The lowest BCUT2D eigenvalue weighted by Crippen LogP contribution is -1.74. The first kappa shape index (κ1) is 10.7. The van der Waals surface area contributed by atoms with E-state index < -0.39 is 0 Å². The summed E-state index contributed by atoms with van der Waals surface area (Å²) in [4.78, 5) is 9.51. The molecular formula is C4H9ClMgO. The van der Waals surface area contributed by atoms with Crippen LogP contribution >= 0.6 is 11.6 Å². The third-order valence-corrected chi connectivity index (χ3v) is 0.723. The van der Waals surface area contributed by atoms with E-state index in [2.05, 4.69) is 0 Å². The molecule has 0 heterocycles. The summed E-state index contributed by atoms with van der Waals surface area (Å²) in [5, 5.41) is 0. The fourth-order valence-corrected chi connectivity index (χ4v) is 0.315. The number of alkyl halides is 1. The van der Waals surface area contributed by atoms with Gasteiger partial charge in [-0.05, 0) is 6.42 Å². The predicted octanol–water partition coefficient (Wildman–Crippen LogP) is 0.288. The summed E-state index contributed by atoms with van der Waals surface area (Å²) in [7, 11) is 0. The second-order valence-electron chi connectivity index (χ2n) is 0.998. The lowest BCUT2D eigenvalue weighted by molar-refractivity contribution is -0.107. The zero-order valence-electron chi connectivity index (χ0n) is 3.48. The predicted molar refractivity (Wildman–Crippen MR) is 34.6 cm³/mol. The van der Waals surface area contributed by atoms with Gasteiger partial charge in [0.1, 0.15) is 6.29 Å². The Balaban J connectivity index is 0. The summed E-state index contributed by atoms with van der Waals surface area (Å²) in [6, 6.07) is 0. The molecule has 0 aromatic heterocycles. The Kier molecular flexibility index (Phi) is 15.0. The van der Waals surface area contributed by atoms with E-state index in [0.29, 0.717) is 12.3 Å². The summed E-state index contributed by atoms with van der Waals surface area (Å²) in [6.45, 7) is 0. The Bertz CT molecular complexity index is 40.7. The minimum atomic E-state index is 0. The van der Waals surface area contributed by atoms with Crippen LogP contribution in [0, 0.1) is 0 Å². The molecule has 0 unspecified atom stereocenters. The average Bonchev–Trinajstić information content (AvgIpc) is 1.61. The molecule has 0 aliphatic heterocycles. The van der Waals surface area contributed by atoms with Crippen molar-refractivity contribution in [2.24, 2.45) is 0 Å². The van der Waals surface area contributed by atoms with Crippen LogP contribution in [0.3, 0.4) is 0 Å². The van der Waals surface area contributed by atoms with Crippen LogP contribution in [0.25, 0.3) is 0 Å². The second kappa shape index (κ2) is 9.87. The first-order valence-corrected chi connectivity index (χ1v) is 2.45. The zero-order valence-corrected chi connectivity index (χ0v) is 4.24. The number of unbranched alkanes of at least 4 members (excludes halogenated alkanes) is 1. The van der Waals surface area contributed by atoms with Gasteiger partial charge in [-0.1, -0.05) is 0 Å². The molecule has 0 radical (unpaired) electrons. The van der Waals surface area contributed by atoms with Gasteiger partial charge in [0.05, 0.1) is 0 Å². The molecule has 0 saturated heterocycles. The maximum atomic E-state index is 9.51. The number of halogens is 1. The first-order valence-electron chi connectivity index (χ1n) is 1.91. The highest BCUT2D eigenvalue weighted by molar-refractivity contribution is 6.17. The van der Waals surface area contributed by atoms with Gasteiger partial charge in [-0.25, -0.2) is 0 Å². The number of rotatable bonds is 3. The lowest BCUT2D eigenvalue weighted by Gasteiger charge is -1.77. The molecule has 1 nitrogen and oxygen atoms in total. The molecule has 0 rings (SSSR count). The van der Waals surface area contributed by atoms with Gasteiger partial charge in [0.25, 0.3) is 0 Å². The van der Waals surface area contributed by atoms with Crippen LogP contribution in [0.1, 0.15) is 12.8 Å². The fraction of sp³-hybridized carbons (Fsp3) is 0.750. The van der Waals surface area contributed by atoms with E-state index >= 15 is 0 Å². The number of carbonyl (C=O) groups is 1.